The lowest BCUT2D eigenvalue weighted by molar-refractivity contribution is 0.419. The lowest BCUT2D eigenvalue weighted by Gasteiger charge is -2.21. The van der Waals surface area contributed by atoms with Crippen molar-refractivity contribution in [2.75, 3.05) is 18.0 Å². The van der Waals surface area contributed by atoms with E-state index < -0.39 is 0 Å². The lowest BCUT2D eigenvalue weighted by atomic mass is 10.1. The molecule has 0 amide bonds. The van der Waals surface area contributed by atoms with E-state index in [0.29, 0.717) is 0 Å². The van der Waals surface area contributed by atoms with Gasteiger partial charge in [0.15, 0.2) is 0 Å². The summed E-state index contributed by atoms with van der Waals surface area (Å²) in [4.78, 5) is 2.19. The zero-order valence-electron chi connectivity index (χ0n) is 9.54. The van der Waals surface area contributed by atoms with Gasteiger partial charge in [0.05, 0.1) is 0 Å². The maximum absolute atomic E-state index is 5.40. The van der Waals surface area contributed by atoms with Gasteiger partial charge >= 0.3 is 0 Å². The Balaban J connectivity index is 1.85. The van der Waals surface area contributed by atoms with E-state index in [4.69, 9.17) is 4.52 Å². The van der Waals surface area contributed by atoms with E-state index in [0.717, 1.165) is 36.7 Å². The summed E-state index contributed by atoms with van der Waals surface area (Å²) in [7, 11) is 0. The van der Waals surface area contributed by atoms with Crippen LogP contribution in [0.4, 0.5) is 5.88 Å². The molecule has 3 nitrogen and oxygen atoms in total. The Morgan fingerprint density at radius 1 is 1.12 bits per heavy atom. The highest BCUT2D eigenvalue weighted by atomic mass is 16.5. The zero-order chi connectivity index (χ0) is 11.5. The van der Waals surface area contributed by atoms with Crippen molar-refractivity contribution in [3.05, 3.63) is 48.6 Å². The average molecular weight is 226 g/mol. The lowest BCUT2D eigenvalue weighted by Crippen LogP contribution is -2.26. The molecule has 0 bridgehead atoms. The summed E-state index contributed by atoms with van der Waals surface area (Å²) < 4.78 is 5.40. The van der Waals surface area contributed by atoms with Crippen LogP contribution in [0, 0.1) is 0 Å². The molecule has 0 aliphatic carbocycles. The van der Waals surface area contributed by atoms with E-state index in [9.17, 15) is 0 Å². The van der Waals surface area contributed by atoms with Gasteiger partial charge in [-0.05, 0) is 6.42 Å². The molecule has 1 aliphatic heterocycles. The predicted molar refractivity (Wildman–Crippen MR) is 67.9 cm³/mol. The maximum atomic E-state index is 5.40. The summed E-state index contributed by atoms with van der Waals surface area (Å²) in [5.41, 5.74) is 1.99. The molecule has 0 saturated heterocycles. The third-order valence-corrected chi connectivity index (χ3v) is 2.94. The first-order valence-corrected chi connectivity index (χ1v) is 5.85. The van der Waals surface area contributed by atoms with Gasteiger partial charge in [0.2, 0.25) is 5.88 Å². The van der Waals surface area contributed by atoms with Gasteiger partial charge < -0.3 is 9.42 Å². The number of aromatic nitrogens is 1. The second-order valence-corrected chi connectivity index (χ2v) is 4.12. The van der Waals surface area contributed by atoms with Crippen molar-refractivity contribution in [3.8, 4) is 11.3 Å². The summed E-state index contributed by atoms with van der Waals surface area (Å²) >= 11 is 0. The molecule has 1 aromatic carbocycles. The van der Waals surface area contributed by atoms with Gasteiger partial charge in [0.25, 0.3) is 0 Å². The van der Waals surface area contributed by atoms with Gasteiger partial charge in [-0.3, -0.25) is 0 Å². The monoisotopic (exact) mass is 226 g/mol. The summed E-state index contributed by atoms with van der Waals surface area (Å²) in [5.74, 6) is 0.855. The SMILES string of the molecule is C1=CCN(c2cc(-c3ccccc3)no2)CC1. The van der Waals surface area contributed by atoms with E-state index in [1.807, 2.05) is 36.4 Å². The predicted octanol–water partition coefficient (Wildman–Crippen LogP) is 3.11. The molecule has 3 heteroatoms. The van der Waals surface area contributed by atoms with E-state index in [-0.39, 0.29) is 0 Å². The standard InChI is InChI=1S/C14H14N2O/c1-3-7-12(8-4-1)13-11-14(17-15-13)16-9-5-2-6-10-16/h1-5,7-8,11H,6,9-10H2. The maximum Gasteiger partial charge on any atom is 0.228 e. The van der Waals surface area contributed by atoms with Crippen molar-refractivity contribution < 1.29 is 4.52 Å². The number of benzene rings is 1. The van der Waals surface area contributed by atoms with Crippen LogP contribution in [0.2, 0.25) is 0 Å². The highest BCUT2D eigenvalue weighted by Crippen LogP contribution is 2.24. The summed E-state index contributed by atoms with van der Waals surface area (Å²) in [5, 5.41) is 4.12. The molecule has 2 aromatic rings. The van der Waals surface area contributed by atoms with Gasteiger partial charge in [0.1, 0.15) is 5.69 Å². The van der Waals surface area contributed by atoms with Gasteiger partial charge in [-0.1, -0.05) is 47.6 Å². The number of rotatable bonds is 2. The molecule has 17 heavy (non-hydrogen) atoms. The molecule has 2 heterocycles. The second kappa shape index (κ2) is 4.45. The van der Waals surface area contributed by atoms with Crippen LogP contribution in [-0.2, 0) is 0 Å². The van der Waals surface area contributed by atoms with Gasteiger partial charge in [-0.25, -0.2) is 0 Å². The van der Waals surface area contributed by atoms with Crippen LogP contribution in [0.15, 0.2) is 53.1 Å². The van der Waals surface area contributed by atoms with Crippen molar-refractivity contribution in [2.45, 2.75) is 6.42 Å². The van der Waals surface area contributed by atoms with E-state index >= 15 is 0 Å². The molecule has 0 atom stereocenters. The highest BCUT2D eigenvalue weighted by molar-refractivity contribution is 5.62. The summed E-state index contributed by atoms with van der Waals surface area (Å²) in [6.45, 7) is 1.91. The van der Waals surface area contributed by atoms with Crippen molar-refractivity contribution in [1.29, 1.82) is 0 Å². The topological polar surface area (TPSA) is 29.3 Å². The summed E-state index contributed by atoms with van der Waals surface area (Å²) in [6, 6.07) is 12.1. The molecule has 3 rings (SSSR count). The Labute approximate surface area is 100 Å². The fourth-order valence-corrected chi connectivity index (χ4v) is 2.00. The molecule has 0 saturated carbocycles. The minimum absolute atomic E-state index is 0.855. The summed E-state index contributed by atoms with van der Waals surface area (Å²) in [6.07, 6.45) is 5.43. The Hall–Kier alpha value is -2.03. The van der Waals surface area contributed by atoms with Crippen LogP contribution in [0.3, 0.4) is 0 Å². The molecular formula is C14H14N2O. The molecule has 86 valence electrons. The van der Waals surface area contributed by atoms with Crippen molar-refractivity contribution >= 4 is 5.88 Å². The normalized spacial score (nSPS) is 15.2. The highest BCUT2D eigenvalue weighted by Gasteiger charge is 2.13. The number of anilines is 1. The first kappa shape index (κ1) is 10.1. The van der Waals surface area contributed by atoms with Crippen LogP contribution in [0.5, 0.6) is 0 Å². The molecule has 0 N–H and O–H groups in total. The Morgan fingerprint density at radius 2 is 2.00 bits per heavy atom. The van der Waals surface area contributed by atoms with E-state index in [1.54, 1.807) is 0 Å². The smallest absolute Gasteiger partial charge is 0.228 e. The van der Waals surface area contributed by atoms with Crippen LogP contribution in [0.25, 0.3) is 11.3 Å². The minimum atomic E-state index is 0.855. The fraction of sp³-hybridized carbons (Fsp3) is 0.214. The first-order chi connectivity index (χ1) is 8.43. The number of hydrogen-bond donors (Lipinski definition) is 0. The fourth-order valence-electron chi connectivity index (χ4n) is 2.00. The second-order valence-electron chi connectivity index (χ2n) is 4.12. The Bertz CT molecular complexity index is 516. The molecule has 0 spiro atoms. The number of hydrogen-bond acceptors (Lipinski definition) is 3. The van der Waals surface area contributed by atoms with E-state index in [2.05, 4.69) is 22.2 Å². The first-order valence-electron chi connectivity index (χ1n) is 5.85. The van der Waals surface area contributed by atoms with Gasteiger partial charge in [-0.2, -0.15) is 0 Å². The third-order valence-electron chi connectivity index (χ3n) is 2.94. The van der Waals surface area contributed by atoms with Crippen LogP contribution in [0.1, 0.15) is 6.42 Å². The van der Waals surface area contributed by atoms with Crippen LogP contribution in [-0.4, -0.2) is 18.2 Å². The van der Waals surface area contributed by atoms with Crippen molar-refractivity contribution in [1.82, 2.24) is 5.16 Å². The molecule has 0 fully saturated rings. The van der Waals surface area contributed by atoms with Crippen LogP contribution >= 0.6 is 0 Å². The molecule has 1 aliphatic rings. The Kier molecular flexibility index (Phi) is 2.66. The van der Waals surface area contributed by atoms with E-state index in [1.165, 1.54) is 0 Å². The van der Waals surface area contributed by atoms with Crippen LogP contribution < -0.4 is 4.90 Å². The third kappa shape index (κ3) is 2.09. The molecule has 0 unspecified atom stereocenters. The minimum Gasteiger partial charge on any atom is -0.338 e. The Morgan fingerprint density at radius 3 is 2.76 bits per heavy atom. The van der Waals surface area contributed by atoms with Crippen molar-refractivity contribution in [2.24, 2.45) is 0 Å². The zero-order valence-corrected chi connectivity index (χ0v) is 9.54. The van der Waals surface area contributed by atoms with Gasteiger partial charge in [-0.15, -0.1) is 0 Å². The average Bonchev–Trinajstić information content (AvgIpc) is 2.90. The molecule has 1 aromatic heterocycles. The van der Waals surface area contributed by atoms with Gasteiger partial charge in [0, 0.05) is 24.7 Å². The largest absolute Gasteiger partial charge is 0.338 e. The van der Waals surface area contributed by atoms with Crippen molar-refractivity contribution in [3.63, 3.8) is 0 Å². The molecular weight excluding hydrogens is 212 g/mol. The number of nitrogens with zero attached hydrogens (tertiary/aromatic N) is 2. The molecule has 0 radical (unpaired) electrons. The quantitative estimate of drug-likeness (QED) is 0.737.